The first-order valence-electron chi connectivity index (χ1n) is 5.77. The van der Waals surface area contributed by atoms with Crippen LogP contribution in [0.3, 0.4) is 0 Å². The molecule has 1 aliphatic heterocycles. The number of nitrogens with two attached hydrogens (primary N) is 1. The molecule has 2 rings (SSSR count). The van der Waals surface area contributed by atoms with E-state index >= 15 is 0 Å². The van der Waals surface area contributed by atoms with Crippen LogP contribution in [0.15, 0.2) is 18.5 Å². The smallest absolute Gasteiger partial charge is 0.257 e. The maximum absolute atomic E-state index is 12.2. The molecule has 2 heterocycles. The molecule has 1 aliphatic rings. The van der Waals surface area contributed by atoms with E-state index in [0.29, 0.717) is 24.6 Å². The topological polar surface area (TPSA) is 79.5 Å². The number of aromatic hydroxyl groups is 1. The molecule has 5 heteroatoms. The Morgan fingerprint density at radius 1 is 1.71 bits per heavy atom. The molecule has 5 nitrogen and oxygen atoms in total. The fourth-order valence-electron chi connectivity index (χ4n) is 2.32. The maximum atomic E-state index is 12.2. The van der Waals surface area contributed by atoms with Gasteiger partial charge in [0.15, 0.2) is 0 Å². The van der Waals surface area contributed by atoms with Gasteiger partial charge in [0.1, 0.15) is 5.75 Å². The summed E-state index contributed by atoms with van der Waals surface area (Å²) in [5.41, 5.74) is 5.94. The molecule has 1 fully saturated rings. The number of nitrogens with zero attached hydrogens (tertiary/aromatic N) is 2. The Bertz CT molecular complexity index is 422. The first-order valence-corrected chi connectivity index (χ1v) is 5.77. The second kappa shape index (κ2) is 4.71. The molecule has 0 aromatic carbocycles. The second-order valence-electron chi connectivity index (χ2n) is 4.54. The van der Waals surface area contributed by atoms with Gasteiger partial charge in [-0.15, -0.1) is 0 Å². The molecular weight excluding hydrogens is 218 g/mol. The average Bonchev–Trinajstić information content (AvgIpc) is 2.70. The standard InChI is InChI=1S/C12H17N3O2/c1-8-4-9(5-13)7-15(8)12(17)10-2-3-14-6-11(10)16/h2-3,6,8-9,16H,4-5,7,13H2,1H3. The van der Waals surface area contributed by atoms with E-state index in [9.17, 15) is 9.90 Å². The monoisotopic (exact) mass is 235 g/mol. The summed E-state index contributed by atoms with van der Waals surface area (Å²) in [6, 6.07) is 1.71. The van der Waals surface area contributed by atoms with Crippen molar-refractivity contribution in [1.29, 1.82) is 0 Å². The summed E-state index contributed by atoms with van der Waals surface area (Å²) in [5.74, 6) is 0.146. The Morgan fingerprint density at radius 3 is 3.06 bits per heavy atom. The Hall–Kier alpha value is -1.62. The molecule has 1 aromatic heterocycles. The average molecular weight is 235 g/mol. The van der Waals surface area contributed by atoms with Gasteiger partial charge in [0.25, 0.3) is 5.91 Å². The van der Waals surface area contributed by atoms with Crippen molar-refractivity contribution in [2.75, 3.05) is 13.1 Å². The van der Waals surface area contributed by atoms with E-state index in [0.717, 1.165) is 6.42 Å². The molecule has 3 N–H and O–H groups in total. The van der Waals surface area contributed by atoms with Crippen LogP contribution in [0.1, 0.15) is 23.7 Å². The minimum Gasteiger partial charge on any atom is -0.505 e. The van der Waals surface area contributed by atoms with E-state index in [1.54, 1.807) is 11.0 Å². The molecule has 0 spiro atoms. The predicted octanol–water partition coefficient (Wildman–Crippen LogP) is 0.596. The van der Waals surface area contributed by atoms with E-state index in [-0.39, 0.29) is 17.7 Å². The lowest BCUT2D eigenvalue weighted by Gasteiger charge is -2.21. The molecule has 0 bridgehead atoms. The van der Waals surface area contributed by atoms with Crippen molar-refractivity contribution in [2.24, 2.45) is 11.7 Å². The number of amides is 1. The highest BCUT2D eigenvalue weighted by Gasteiger charge is 2.32. The Morgan fingerprint density at radius 2 is 2.47 bits per heavy atom. The summed E-state index contributed by atoms with van der Waals surface area (Å²) in [5, 5.41) is 9.62. The number of hydrogen-bond donors (Lipinski definition) is 2. The fourth-order valence-corrected chi connectivity index (χ4v) is 2.32. The zero-order chi connectivity index (χ0) is 12.4. The van der Waals surface area contributed by atoms with Crippen molar-refractivity contribution in [2.45, 2.75) is 19.4 Å². The van der Waals surface area contributed by atoms with Crippen molar-refractivity contribution in [3.8, 4) is 5.75 Å². The molecular formula is C12H17N3O2. The van der Waals surface area contributed by atoms with Crippen molar-refractivity contribution in [3.05, 3.63) is 24.0 Å². The van der Waals surface area contributed by atoms with Gasteiger partial charge in [-0.2, -0.15) is 0 Å². The van der Waals surface area contributed by atoms with Gasteiger partial charge >= 0.3 is 0 Å². The predicted molar refractivity (Wildman–Crippen MR) is 63.6 cm³/mol. The minimum absolute atomic E-state index is 0.0686. The highest BCUT2D eigenvalue weighted by Crippen LogP contribution is 2.26. The molecule has 0 radical (unpaired) electrons. The lowest BCUT2D eigenvalue weighted by atomic mass is 10.1. The number of likely N-dealkylation sites (tertiary alicyclic amines) is 1. The third-order valence-corrected chi connectivity index (χ3v) is 3.29. The van der Waals surface area contributed by atoms with Crippen LogP contribution in [0, 0.1) is 5.92 Å². The quantitative estimate of drug-likeness (QED) is 0.786. The van der Waals surface area contributed by atoms with Crippen LogP contribution in [0.2, 0.25) is 0 Å². The highest BCUT2D eigenvalue weighted by molar-refractivity contribution is 5.96. The first-order chi connectivity index (χ1) is 8.13. The summed E-state index contributed by atoms with van der Waals surface area (Å²) in [6.07, 6.45) is 3.72. The number of aromatic nitrogens is 1. The van der Waals surface area contributed by atoms with Crippen molar-refractivity contribution in [3.63, 3.8) is 0 Å². The van der Waals surface area contributed by atoms with E-state index in [2.05, 4.69) is 4.98 Å². The van der Waals surface area contributed by atoms with Gasteiger partial charge in [0, 0.05) is 18.8 Å². The first kappa shape index (κ1) is 11.9. The van der Waals surface area contributed by atoms with Crippen molar-refractivity contribution < 1.29 is 9.90 Å². The molecule has 1 aromatic rings. The Kier molecular flexibility index (Phi) is 3.28. The van der Waals surface area contributed by atoms with E-state index < -0.39 is 0 Å². The van der Waals surface area contributed by atoms with Gasteiger partial charge in [-0.05, 0) is 31.9 Å². The molecule has 1 saturated heterocycles. The molecule has 0 aliphatic carbocycles. The molecule has 2 unspecified atom stereocenters. The fraction of sp³-hybridized carbons (Fsp3) is 0.500. The highest BCUT2D eigenvalue weighted by atomic mass is 16.3. The summed E-state index contributed by atoms with van der Waals surface area (Å²) in [6.45, 7) is 3.26. The van der Waals surface area contributed by atoms with Crippen LogP contribution in [-0.4, -0.2) is 40.0 Å². The Balaban J connectivity index is 2.19. The summed E-state index contributed by atoms with van der Waals surface area (Å²) < 4.78 is 0. The zero-order valence-corrected chi connectivity index (χ0v) is 9.84. The van der Waals surface area contributed by atoms with Gasteiger partial charge in [0.05, 0.1) is 11.8 Å². The maximum Gasteiger partial charge on any atom is 0.257 e. The third kappa shape index (κ3) is 2.24. The third-order valence-electron chi connectivity index (χ3n) is 3.29. The van der Waals surface area contributed by atoms with Crippen LogP contribution in [0.4, 0.5) is 0 Å². The van der Waals surface area contributed by atoms with Gasteiger partial charge in [0.2, 0.25) is 0 Å². The van der Waals surface area contributed by atoms with Crippen LogP contribution >= 0.6 is 0 Å². The van der Waals surface area contributed by atoms with E-state index in [4.69, 9.17) is 5.73 Å². The van der Waals surface area contributed by atoms with Gasteiger partial charge in [-0.3, -0.25) is 9.78 Å². The van der Waals surface area contributed by atoms with E-state index in [1.165, 1.54) is 12.4 Å². The van der Waals surface area contributed by atoms with Crippen LogP contribution in [0.5, 0.6) is 5.75 Å². The summed E-state index contributed by atoms with van der Waals surface area (Å²) >= 11 is 0. The molecule has 1 amide bonds. The largest absolute Gasteiger partial charge is 0.505 e. The van der Waals surface area contributed by atoms with Crippen LogP contribution < -0.4 is 5.73 Å². The van der Waals surface area contributed by atoms with Crippen molar-refractivity contribution >= 4 is 5.91 Å². The molecule has 0 saturated carbocycles. The zero-order valence-electron chi connectivity index (χ0n) is 9.84. The lowest BCUT2D eigenvalue weighted by molar-refractivity contribution is 0.0740. The SMILES string of the molecule is CC1CC(CN)CN1C(=O)c1ccncc1O. The van der Waals surface area contributed by atoms with Crippen LogP contribution in [0.25, 0.3) is 0 Å². The lowest BCUT2D eigenvalue weighted by Crippen LogP contribution is -2.34. The van der Waals surface area contributed by atoms with Gasteiger partial charge in [-0.1, -0.05) is 0 Å². The minimum atomic E-state index is -0.145. The number of pyridine rings is 1. The summed E-state index contributed by atoms with van der Waals surface area (Å²) in [7, 11) is 0. The van der Waals surface area contributed by atoms with Crippen LogP contribution in [-0.2, 0) is 0 Å². The number of carbonyl (C=O) groups excluding carboxylic acids is 1. The molecule has 2 atom stereocenters. The number of rotatable bonds is 2. The normalized spacial score (nSPS) is 24.0. The van der Waals surface area contributed by atoms with E-state index in [1.807, 2.05) is 6.92 Å². The van der Waals surface area contributed by atoms with Gasteiger partial charge in [-0.25, -0.2) is 0 Å². The summed E-state index contributed by atoms with van der Waals surface area (Å²) in [4.78, 5) is 17.8. The Labute approximate surface area is 100 Å². The van der Waals surface area contributed by atoms with Gasteiger partial charge < -0.3 is 15.7 Å². The van der Waals surface area contributed by atoms with Crippen molar-refractivity contribution in [1.82, 2.24) is 9.88 Å². The molecule has 92 valence electrons. The number of carbonyl (C=O) groups is 1. The second-order valence-corrected chi connectivity index (χ2v) is 4.54. The molecule has 17 heavy (non-hydrogen) atoms. The number of hydrogen-bond acceptors (Lipinski definition) is 4.